The van der Waals surface area contributed by atoms with Crippen LogP contribution in [0.3, 0.4) is 0 Å². The Hall–Kier alpha value is -3.76. The first-order valence-electron chi connectivity index (χ1n) is 17.4. The molecule has 2 aliphatic carbocycles. The van der Waals surface area contributed by atoms with Gasteiger partial charge in [-0.25, -0.2) is 0 Å². The van der Waals surface area contributed by atoms with Crippen LogP contribution in [0.15, 0.2) is 117 Å². The van der Waals surface area contributed by atoms with Gasteiger partial charge >= 0.3 is 0 Å². The maximum atomic E-state index is 6.34. The third-order valence-electron chi connectivity index (χ3n) is 9.81. The van der Waals surface area contributed by atoms with Gasteiger partial charge < -0.3 is 28.4 Å². The molecular formula is C43H37Br3O6. The molecule has 266 valence electrons. The van der Waals surface area contributed by atoms with Gasteiger partial charge in [-0.15, -0.1) is 0 Å². The lowest BCUT2D eigenvalue weighted by atomic mass is 9.94. The van der Waals surface area contributed by atoms with Crippen LogP contribution in [0.4, 0.5) is 0 Å². The first kappa shape index (κ1) is 35.3. The number of alkyl halides is 1. The predicted molar refractivity (Wildman–Crippen MR) is 213 cm³/mol. The Morgan fingerprint density at radius 2 is 1.10 bits per heavy atom. The minimum Gasteiger partial charge on any atom is -0.471 e. The normalized spacial score (nSPS) is 19.0. The van der Waals surface area contributed by atoms with E-state index in [1.54, 1.807) is 0 Å². The summed E-state index contributed by atoms with van der Waals surface area (Å²) in [5, 5.41) is 0.560. The molecule has 0 fully saturated rings. The molecule has 4 aromatic rings. The number of fused-ring (bicyclic) bond motifs is 9. The molecule has 6 nitrogen and oxygen atoms in total. The van der Waals surface area contributed by atoms with Crippen molar-refractivity contribution in [3.63, 3.8) is 0 Å². The minimum absolute atomic E-state index is 0.0707. The zero-order valence-corrected chi connectivity index (χ0v) is 33.3. The molecule has 4 aliphatic heterocycles. The molecule has 0 N–H and O–H groups in total. The second-order valence-corrected chi connectivity index (χ2v) is 15.5. The Labute approximate surface area is 329 Å². The van der Waals surface area contributed by atoms with Crippen molar-refractivity contribution in [1.29, 1.82) is 0 Å². The third kappa shape index (κ3) is 8.23. The molecule has 0 spiro atoms. The number of benzene rings is 4. The van der Waals surface area contributed by atoms with Gasteiger partial charge in [0.25, 0.3) is 0 Å². The lowest BCUT2D eigenvalue weighted by Crippen LogP contribution is -2.08. The van der Waals surface area contributed by atoms with Crippen LogP contribution >= 0.6 is 47.8 Å². The molecule has 0 saturated carbocycles. The molecule has 4 aromatic carbocycles. The van der Waals surface area contributed by atoms with Crippen molar-refractivity contribution in [3.8, 4) is 23.0 Å². The predicted octanol–water partition coefficient (Wildman–Crippen LogP) is 10.4. The average Bonchev–Trinajstić information content (AvgIpc) is 3.25. The summed E-state index contributed by atoms with van der Waals surface area (Å²) in [5.74, 6) is 3.79. The summed E-state index contributed by atoms with van der Waals surface area (Å²) >= 11 is 11.3. The van der Waals surface area contributed by atoms with Crippen molar-refractivity contribution in [3.05, 3.63) is 161 Å². The van der Waals surface area contributed by atoms with E-state index in [4.69, 9.17) is 28.4 Å². The van der Waals surface area contributed by atoms with E-state index in [2.05, 4.69) is 127 Å². The van der Waals surface area contributed by atoms with Crippen molar-refractivity contribution in [2.45, 2.75) is 38.5 Å². The molecule has 13 bridgehead atoms. The Balaban J connectivity index is 1.30. The van der Waals surface area contributed by atoms with E-state index in [-0.39, 0.29) is 20.4 Å². The summed E-state index contributed by atoms with van der Waals surface area (Å²) in [6.07, 6.45) is 15.4. The van der Waals surface area contributed by atoms with Gasteiger partial charge in [-0.2, -0.15) is 0 Å². The van der Waals surface area contributed by atoms with Crippen LogP contribution in [-0.2, 0) is 48.0 Å². The van der Waals surface area contributed by atoms with E-state index in [9.17, 15) is 0 Å². The molecule has 0 radical (unpaired) electrons. The van der Waals surface area contributed by atoms with E-state index in [1.807, 2.05) is 12.1 Å². The molecule has 0 amide bonds. The highest BCUT2D eigenvalue weighted by Crippen LogP contribution is 2.37. The van der Waals surface area contributed by atoms with Crippen LogP contribution in [0.2, 0.25) is 0 Å². The maximum Gasteiger partial charge on any atom is 0.230 e. The van der Waals surface area contributed by atoms with Gasteiger partial charge in [0.2, 0.25) is 13.6 Å². The number of ether oxygens (including phenoxy) is 6. The second kappa shape index (κ2) is 16.1. The van der Waals surface area contributed by atoms with E-state index in [0.717, 1.165) is 75.4 Å². The Bertz CT molecular complexity index is 2130. The molecule has 0 saturated heterocycles. The molecule has 52 heavy (non-hydrogen) atoms. The van der Waals surface area contributed by atoms with Crippen molar-refractivity contribution in [1.82, 2.24) is 0 Å². The van der Waals surface area contributed by atoms with Gasteiger partial charge in [0.1, 0.15) is 28.8 Å². The standard InChI is InChI=1S/C43H37Br3O6/c44-23-39-14-28-4-6-31-21-42-41(46)20-35(31)16-36-22-43(40(45)19-32(36)13-28)52-26-50-38-10-8-30-12-27(2-1-11-47-24-48-39)3-5-29-7-9-37(49-25-51-42)17-33(29)15-34(30)18-38/h1-4,7-10,14,17-22H,5-6,11-13,15-16,23-26H2/b2-1?,27-3+,28-4-,39-14?. The van der Waals surface area contributed by atoms with Gasteiger partial charge in [-0.1, -0.05) is 52.4 Å². The molecule has 9 heteroatoms. The zero-order chi connectivity index (χ0) is 35.4. The van der Waals surface area contributed by atoms with Crippen LogP contribution in [0.1, 0.15) is 44.5 Å². The second-order valence-electron chi connectivity index (χ2n) is 13.2. The maximum absolute atomic E-state index is 6.34. The number of hydrogen-bond acceptors (Lipinski definition) is 6. The Morgan fingerprint density at radius 3 is 1.83 bits per heavy atom. The van der Waals surface area contributed by atoms with E-state index in [0.29, 0.717) is 18.4 Å². The summed E-state index contributed by atoms with van der Waals surface area (Å²) in [6.45, 7) is 0.737. The fourth-order valence-electron chi connectivity index (χ4n) is 7.06. The fourth-order valence-corrected chi connectivity index (χ4v) is 8.39. The topological polar surface area (TPSA) is 55.4 Å². The summed E-state index contributed by atoms with van der Waals surface area (Å²) in [7, 11) is 0. The van der Waals surface area contributed by atoms with Crippen LogP contribution in [-0.4, -0.2) is 32.3 Å². The highest BCUT2D eigenvalue weighted by atomic mass is 79.9. The Kier molecular flexibility index (Phi) is 10.9. The number of halogens is 3. The molecule has 0 atom stereocenters. The van der Waals surface area contributed by atoms with Gasteiger partial charge in [0.05, 0.1) is 20.9 Å². The summed E-state index contributed by atoms with van der Waals surface area (Å²) in [4.78, 5) is 0. The quantitative estimate of drug-likeness (QED) is 0.178. The fraction of sp³-hybridized carbons (Fsp3) is 0.256. The van der Waals surface area contributed by atoms with Gasteiger partial charge in [-0.3, -0.25) is 0 Å². The van der Waals surface area contributed by atoms with E-state index >= 15 is 0 Å². The largest absolute Gasteiger partial charge is 0.471 e. The van der Waals surface area contributed by atoms with Gasteiger partial charge in [0.15, 0.2) is 6.79 Å². The third-order valence-corrected chi connectivity index (χ3v) is 11.6. The van der Waals surface area contributed by atoms with Crippen molar-refractivity contribution in [2.75, 3.05) is 32.3 Å². The number of rotatable bonds is 1. The van der Waals surface area contributed by atoms with E-state index < -0.39 is 0 Å². The summed E-state index contributed by atoms with van der Waals surface area (Å²) in [6, 6.07) is 21.3. The van der Waals surface area contributed by atoms with Crippen LogP contribution in [0.25, 0.3) is 0 Å². The zero-order valence-electron chi connectivity index (χ0n) is 28.5. The van der Waals surface area contributed by atoms with Crippen LogP contribution < -0.4 is 18.9 Å². The average molecular weight is 889 g/mol. The first-order chi connectivity index (χ1) is 25.5. The number of hydrogen-bond donors (Lipinski definition) is 0. The lowest BCUT2D eigenvalue weighted by Gasteiger charge is -2.17. The Morgan fingerprint density at radius 1 is 0.519 bits per heavy atom. The minimum atomic E-state index is 0.0707. The SMILES string of the molecule is BrCC1=C/C2=C\Cc3cc4c(Br)cc3Cc3cc(c(Br)cc3C2)OCOc2ccc3c(c2)Cc2cc(ccc2C/C=C(\C=CCOCO1)C3)OCO4. The van der Waals surface area contributed by atoms with Gasteiger partial charge in [0, 0.05) is 0 Å². The monoisotopic (exact) mass is 886 g/mol. The molecular weight excluding hydrogens is 852 g/mol. The molecule has 0 aromatic heterocycles. The van der Waals surface area contributed by atoms with Crippen LogP contribution in [0, 0.1) is 0 Å². The lowest BCUT2D eigenvalue weighted by molar-refractivity contribution is -0.00961. The summed E-state index contributed by atoms with van der Waals surface area (Å²) in [5.41, 5.74) is 12.0. The van der Waals surface area contributed by atoms with Gasteiger partial charge in [-0.05, 0) is 181 Å². The van der Waals surface area contributed by atoms with E-state index in [1.165, 1.54) is 50.1 Å². The number of allylic oxidation sites excluding steroid dienone is 7. The highest BCUT2D eigenvalue weighted by Gasteiger charge is 2.19. The molecule has 4 heterocycles. The first-order valence-corrected chi connectivity index (χ1v) is 20.1. The smallest absolute Gasteiger partial charge is 0.230 e. The highest BCUT2D eigenvalue weighted by molar-refractivity contribution is 9.11. The van der Waals surface area contributed by atoms with Crippen molar-refractivity contribution in [2.24, 2.45) is 0 Å². The van der Waals surface area contributed by atoms with Crippen molar-refractivity contribution >= 4 is 47.8 Å². The van der Waals surface area contributed by atoms with Crippen molar-refractivity contribution < 1.29 is 28.4 Å². The molecule has 6 aliphatic rings. The summed E-state index contributed by atoms with van der Waals surface area (Å²) < 4.78 is 39.1. The van der Waals surface area contributed by atoms with Crippen LogP contribution in [0.5, 0.6) is 23.0 Å². The molecule has 0 unspecified atom stereocenters. The molecule has 10 rings (SSSR count).